The van der Waals surface area contributed by atoms with E-state index in [0.29, 0.717) is 0 Å². The van der Waals surface area contributed by atoms with E-state index < -0.39 is 16.0 Å². The predicted octanol–water partition coefficient (Wildman–Crippen LogP) is 0.284. The molecule has 0 bridgehead atoms. The molecular weight excluding hydrogens is 157 g/mol. The Kier molecular flexibility index (Phi) is 3.81. The molecule has 0 aliphatic carbocycles. The monoisotopic (exact) mass is 169 g/mol. The van der Waals surface area contributed by atoms with Crippen LogP contribution in [-0.4, -0.2) is 26.8 Å². The Morgan fingerprint density at radius 1 is 1.50 bits per heavy atom. The molecule has 0 saturated heterocycles. The second kappa shape index (κ2) is 3.88. The number of hydrogen-bond acceptors (Lipinski definition) is 3. The lowest BCUT2D eigenvalue weighted by molar-refractivity contribution is 0.541. The smallest absolute Gasteiger partial charge is 0.303 e. The van der Waals surface area contributed by atoms with Crippen molar-refractivity contribution in [1.82, 2.24) is 5.32 Å². The molecule has 0 rings (SSSR count). The van der Waals surface area contributed by atoms with Crippen LogP contribution < -0.4 is 5.32 Å². The lowest BCUT2D eigenvalue weighted by Gasteiger charge is -2.04. The minimum Gasteiger partial charge on any atom is -0.313 e. The topological polar surface area (TPSA) is 46.2 Å². The van der Waals surface area contributed by atoms with Crippen LogP contribution >= 0.6 is 0 Å². The average Bonchev–Trinajstić information content (AvgIpc) is 1.59. The van der Waals surface area contributed by atoms with Crippen molar-refractivity contribution in [2.45, 2.75) is 19.9 Å². The molecule has 0 aromatic carbocycles. The maximum Gasteiger partial charge on any atom is 0.303 e. The second-order valence-corrected chi connectivity index (χ2v) is 3.84. The molecule has 0 atom stereocenters. The first-order chi connectivity index (χ1) is 4.42. The second-order valence-electron chi connectivity index (χ2n) is 2.35. The van der Waals surface area contributed by atoms with E-state index in [-0.39, 0.29) is 12.6 Å². The Morgan fingerprint density at radius 2 is 2.00 bits per heavy atom. The van der Waals surface area contributed by atoms with Gasteiger partial charge in [-0.15, -0.1) is 3.89 Å². The van der Waals surface area contributed by atoms with Gasteiger partial charge in [0.2, 0.25) is 0 Å². The fraction of sp³-hybridized carbons (Fsp3) is 1.00. The standard InChI is InChI=1S/C5H12FNO2S/c1-5(2)7-3-4-10(6,8)9/h5,7H,3-4H2,1-2H3. The van der Waals surface area contributed by atoms with E-state index in [1.807, 2.05) is 13.8 Å². The Labute approximate surface area is 60.8 Å². The van der Waals surface area contributed by atoms with E-state index >= 15 is 0 Å². The average molecular weight is 169 g/mol. The molecule has 0 unspecified atom stereocenters. The molecule has 0 aromatic rings. The summed E-state index contributed by atoms with van der Waals surface area (Å²) in [4.78, 5) is 0. The van der Waals surface area contributed by atoms with Gasteiger partial charge in [0, 0.05) is 12.6 Å². The summed E-state index contributed by atoms with van der Waals surface area (Å²) in [6.45, 7) is 3.91. The van der Waals surface area contributed by atoms with Gasteiger partial charge < -0.3 is 5.32 Å². The molecular formula is C5H12FNO2S. The van der Waals surface area contributed by atoms with Crippen molar-refractivity contribution < 1.29 is 12.3 Å². The van der Waals surface area contributed by atoms with Crippen LogP contribution in [0.2, 0.25) is 0 Å². The molecule has 0 spiro atoms. The number of rotatable bonds is 4. The SMILES string of the molecule is CC(C)NCCS(=O)(=O)F. The third kappa shape index (κ3) is 7.84. The summed E-state index contributed by atoms with van der Waals surface area (Å²) in [5.74, 6) is -0.439. The quantitative estimate of drug-likeness (QED) is 0.615. The molecule has 5 heteroatoms. The first-order valence-electron chi connectivity index (χ1n) is 3.07. The molecule has 0 heterocycles. The summed E-state index contributed by atoms with van der Waals surface area (Å²) >= 11 is 0. The first kappa shape index (κ1) is 9.84. The largest absolute Gasteiger partial charge is 0.313 e. The minimum absolute atomic E-state index is 0.177. The van der Waals surface area contributed by atoms with E-state index in [1.54, 1.807) is 0 Å². The minimum atomic E-state index is -4.28. The molecule has 0 aromatic heterocycles. The number of halogens is 1. The molecule has 0 aliphatic rings. The maximum absolute atomic E-state index is 11.8. The zero-order chi connectivity index (χ0) is 8.20. The van der Waals surface area contributed by atoms with Crippen molar-refractivity contribution in [2.24, 2.45) is 0 Å². The third-order valence-electron chi connectivity index (χ3n) is 0.898. The van der Waals surface area contributed by atoms with Crippen molar-refractivity contribution in [3.05, 3.63) is 0 Å². The number of nitrogens with one attached hydrogen (secondary N) is 1. The summed E-state index contributed by atoms with van der Waals surface area (Å²) in [5.41, 5.74) is 0. The van der Waals surface area contributed by atoms with Gasteiger partial charge in [-0.25, -0.2) is 0 Å². The van der Waals surface area contributed by atoms with Gasteiger partial charge in [0.05, 0.1) is 5.75 Å². The molecule has 62 valence electrons. The van der Waals surface area contributed by atoms with Crippen molar-refractivity contribution >= 4 is 10.2 Å². The number of hydrogen-bond donors (Lipinski definition) is 1. The van der Waals surface area contributed by atoms with Crippen LogP contribution in [0.25, 0.3) is 0 Å². The van der Waals surface area contributed by atoms with Crippen molar-refractivity contribution in [1.29, 1.82) is 0 Å². The van der Waals surface area contributed by atoms with Crippen LogP contribution in [0.4, 0.5) is 3.89 Å². The van der Waals surface area contributed by atoms with Crippen LogP contribution in [-0.2, 0) is 10.2 Å². The normalized spacial score (nSPS) is 12.4. The molecule has 0 radical (unpaired) electrons. The summed E-state index contributed by atoms with van der Waals surface area (Å²) in [6, 6.07) is 0.196. The van der Waals surface area contributed by atoms with Gasteiger partial charge in [-0.2, -0.15) is 8.42 Å². The van der Waals surface area contributed by atoms with Crippen LogP contribution in [0.1, 0.15) is 13.8 Å². The highest BCUT2D eigenvalue weighted by Gasteiger charge is 2.05. The van der Waals surface area contributed by atoms with Gasteiger partial charge in [-0.1, -0.05) is 13.8 Å². The van der Waals surface area contributed by atoms with Gasteiger partial charge in [-0.3, -0.25) is 0 Å². The molecule has 3 nitrogen and oxygen atoms in total. The Balaban J connectivity index is 3.39. The highest BCUT2D eigenvalue weighted by molar-refractivity contribution is 7.86. The van der Waals surface area contributed by atoms with Gasteiger partial charge in [0.15, 0.2) is 0 Å². The Hall–Kier alpha value is -0.160. The Morgan fingerprint density at radius 3 is 2.30 bits per heavy atom. The predicted molar refractivity (Wildman–Crippen MR) is 38.0 cm³/mol. The summed E-state index contributed by atoms with van der Waals surface area (Å²) in [6.07, 6.45) is 0. The van der Waals surface area contributed by atoms with Crippen LogP contribution in [0.15, 0.2) is 0 Å². The molecule has 0 aliphatic heterocycles. The van der Waals surface area contributed by atoms with Gasteiger partial charge in [0.1, 0.15) is 0 Å². The molecule has 0 saturated carbocycles. The van der Waals surface area contributed by atoms with Gasteiger partial charge in [-0.05, 0) is 0 Å². The van der Waals surface area contributed by atoms with Crippen molar-refractivity contribution in [3.63, 3.8) is 0 Å². The van der Waals surface area contributed by atoms with Crippen LogP contribution in [0, 0.1) is 0 Å². The van der Waals surface area contributed by atoms with E-state index in [9.17, 15) is 12.3 Å². The molecule has 0 amide bonds. The summed E-state index contributed by atoms with van der Waals surface area (Å²) in [7, 11) is -4.28. The van der Waals surface area contributed by atoms with Gasteiger partial charge >= 0.3 is 10.2 Å². The van der Waals surface area contributed by atoms with Gasteiger partial charge in [0.25, 0.3) is 0 Å². The highest BCUT2D eigenvalue weighted by atomic mass is 32.3. The van der Waals surface area contributed by atoms with Crippen LogP contribution in [0.5, 0.6) is 0 Å². The summed E-state index contributed by atoms with van der Waals surface area (Å²) < 4.78 is 31.6. The zero-order valence-electron chi connectivity index (χ0n) is 6.09. The lowest BCUT2D eigenvalue weighted by Crippen LogP contribution is -2.27. The maximum atomic E-state index is 11.8. The zero-order valence-corrected chi connectivity index (χ0v) is 6.91. The fourth-order valence-corrected chi connectivity index (χ4v) is 0.831. The Bertz CT molecular complexity index is 176. The van der Waals surface area contributed by atoms with Crippen LogP contribution in [0.3, 0.4) is 0 Å². The molecule has 0 fully saturated rings. The first-order valence-corrected chi connectivity index (χ1v) is 4.63. The van der Waals surface area contributed by atoms with E-state index in [2.05, 4.69) is 5.32 Å². The molecule has 10 heavy (non-hydrogen) atoms. The summed E-state index contributed by atoms with van der Waals surface area (Å²) in [5, 5.41) is 2.78. The molecule has 1 N–H and O–H groups in total. The van der Waals surface area contributed by atoms with E-state index in [1.165, 1.54) is 0 Å². The van der Waals surface area contributed by atoms with Crippen molar-refractivity contribution in [3.8, 4) is 0 Å². The third-order valence-corrected chi connectivity index (χ3v) is 1.59. The highest BCUT2D eigenvalue weighted by Crippen LogP contribution is 1.88. The van der Waals surface area contributed by atoms with E-state index in [0.717, 1.165) is 0 Å². The van der Waals surface area contributed by atoms with E-state index in [4.69, 9.17) is 0 Å². The fourth-order valence-electron chi connectivity index (χ4n) is 0.470. The lowest BCUT2D eigenvalue weighted by atomic mass is 10.4. The van der Waals surface area contributed by atoms with Crippen molar-refractivity contribution in [2.75, 3.05) is 12.3 Å².